The maximum absolute atomic E-state index is 9.16. The van der Waals surface area contributed by atoms with Crippen molar-refractivity contribution in [1.82, 2.24) is 0 Å². The van der Waals surface area contributed by atoms with Crippen molar-refractivity contribution in [3.8, 4) is 5.75 Å². The van der Waals surface area contributed by atoms with Gasteiger partial charge in [0.15, 0.2) is 0 Å². The molecule has 19 heavy (non-hydrogen) atoms. The van der Waals surface area contributed by atoms with E-state index in [1.165, 1.54) is 58.8 Å². The fourth-order valence-corrected chi connectivity index (χ4v) is 2.18. The minimum Gasteiger partial charge on any atom is -0.508 e. The van der Waals surface area contributed by atoms with Crippen molar-refractivity contribution < 1.29 is 5.11 Å². The van der Waals surface area contributed by atoms with E-state index >= 15 is 0 Å². The summed E-state index contributed by atoms with van der Waals surface area (Å²) in [6, 6.07) is 7.71. The van der Waals surface area contributed by atoms with E-state index in [1.54, 1.807) is 12.1 Å². The quantitative estimate of drug-likeness (QED) is 0.628. The summed E-state index contributed by atoms with van der Waals surface area (Å²) >= 11 is 0. The third kappa shape index (κ3) is 8.59. The van der Waals surface area contributed by atoms with Crippen LogP contribution in [0, 0.1) is 0 Å². The van der Waals surface area contributed by atoms with E-state index in [9.17, 15) is 0 Å². The number of phenolic OH excluding ortho intramolecular Hbond substituents is 1. The van der Waals surface area contributed by atoms with Crippen LogP contribution in [0.2, 0.25) is 0 Å². The first-order chi connectivity index (χ1) is 9.36. The van der Waals surface area contributed by atoms with Gasteiger partial charge >= 0.3 is 0 Å². The highest BCUT2D eigenvalue weighted by Crippen LogP contribution is 2.32. The lowest BCUT2D eigenvalue weighted by atomic mass is 9.84. The second kappa shape index (κ2) is 15.0. The van der Waals surface area contributed by atoms with Gasteiger partial charge in [-0.1, -0.05) is 31.4 Å². The Labute approximate surface area is 118 Å². The fourth-order valence-electron chi connectivity index (χ4n) is 2.18. The Morgan fingerprint density at radius 2 is 1.21 bits per heavy atom. The topological polar surface area (TPSA) is 98.3 Å². The van der Waals surface area contributed by atoms with Gasteiger partial charge in [0, 0.05) is 0 Å². The molecule has 0 saturated heterocycles. The zero-order valence-electron chi connectivity index (χ0n) is 12.6. The molecule has 0 aliphatic heterocycles. The Kier molecular flexibility index (Phi) is 15.9. The molecule has 1 aliphatic carbocycles. The van der Waals surface area contributed by atoms with Gasteiger partial charge in [0.2, 0.25) is 0 Å². The number of phenols is 1. The number of hydrogen-bond acceptors (Lipinski definition) is 4. The van der Waals surface area contributed by atoms with Crippen LogP contribution in [0.15, 0.2) is 24.3 Å². The maximum atomic E-state index is 9.16. The van der Waals surface area contributed by atoms with E-state index in [1.807, 2.05) is 0 Å². The van der Waals surface area contributed by atoms with Crippen molar-refractivity contribution in [3.05, 3.63) is 29.8 Å². The molecule has 4 heteroatoms. The predicted octanol–water partition coefficient (Wildman–Crippen LogP) is 2.16. The molecule has 0 unspecified atom stereocenters. The van der Waals surface area contributed by atoms with E-state index in [0.717, 1.165) is 5.92 Å². The van der Waals surface area contributed by atoms with Crippen LogP contribution in [0.1, 0.15) is 43.6 Å². The Balaban J connectivity index is 0. The zero-order valence-corrected chi connectivity index (χ0v) is 12.6. The molecule has 0 atom stereocenters. The van der Waals surface area contributed by atoms with Crippen molar-refractivity contribution in [2.45, 2.75) is 38.0 Å². The van der Waals surface area contributed by atoms with Gasteiger partial charge in [-0.05, 0) is 57.6 Å². The molecule has 1 fully saturated rings. The first-order valence-corrected chi connectivity index (χ1v) is 6.88. The lowest BCUT2D eigenvalue weighted by Gasteiger charge is -2.21. The summed E-state index contributed by atoms with van der Waals surface area (Å²) in [7, 11) is 4.50. The van der Waals surface area contributed by atoms with E-state index < -0.39 is 0 Å². The van der Waals surface area contributed by atoms with E-state index in [-0.39, 0.29) is 0 Å². The van der Waals surface area contributed by atoms with E-state index in [0.29, 0.717) is 5.75 Å². The van der Waals surface area contributed by atoms with Crippen LogP contribution in [0.4, 0.5) is 0 Å². The molecule has 0 aromatic heterocycles. The SMILES string of the molecule is CN.CN.CN.Oc1ccc(C2CCCCC2)cc1. The molecular weight excluding hydrogens is 238 g/mol. The van der Waals surface area contributed by atoms with Crippen molar-refractivity contribution in [2.75, 3.05) is 21.1 Å². The fraction of sp³-hybridized carbons (Fsp3) is 0.600. The van der Waals surface area contributed by atoms with Crippen LogP contribution in [-0.4, -0.2) is 26.2 Å². The van der Waals surface area contributed by atoms with Crippen LogP contribution in [0.3, 0.4) is 0 Å². The van der Waals surface area contributed by atoms with Gasteiger partial charge in [-0.2, -0.15) is 0 Å². The summed E-state index contributed by atoms with van der Waals surface area (Å²) in [5.74, 6) is 1.12. The zero-order chi connectivity index (χ0) is 15.1. The maximum Gasteiger partial charge on any atom is 0.115 e. The summed E-state index contributed by atoms with van der Waals surface area (Å²) in [6.45, 7) is 0. The number of hydrogen-bond donors (Lipinski definition) is 4. The second-order valence-corrected chi connectivity index (χ2v) is 3.93. The molecule has 0 amide bonds. The summed E-state index contributed by atoms with van der Waals surface area (Å²) < 4.78 is 0. The monoisotopic (exact) mass is 269 g/mol. The van der Waals surface area contributed by atoms with Gasteiger partial charge in [0.25, 0.3) is 0 Å². The molecular formula is C15H31N3O. The van der Waals surface area contributed by atoms with Gasteiger partial charge in [-0.25, -0.2) is 0 Å². The molecule has 1 saturated carbocycles. The highest BCUT2D eigenvalue weighted by molar-refractivity contribution is 5.28. The number of aromatic hydroxyl groups is 1. The standard InChI is InChI=1S/C12H16O.3CH5N/c13-12-8-6-11(7-9-12)10-4-2-1-3-5-10;3*1-2/h6-10,13H,1-5H2;3*2H2,1H3. The molecule has 4 nitrogen and oxygen atoms in total. The summed E-state index contributed by atoms with van der Waals surface area (Å²) in [4.78, 5) is 0. The lowest BCUT2D eigenvalue weighted by molar-refractivity contribution is 0.442. The van der Waals surface area contributed by atoms with Crippen molar-refractivity contribution in [3.63, 3.8) is 0 Å². The van der Waals surface area contributed by atoms with E-state index in [4.69, 9.17) is 5.11 Å². The summed E-state index contributed by atoms with van der Waals surface area (Å²) in [6.07, 6.45) is 6.78. The normalized spacial score (nSPS) is 13.8. The smallest absolute Gasteiger partial charge is 0.115 e. The molecule has 1 aliphatic rings. The molecule has 0 heterocycles. The molecule has 1 aromatic rings. The number of rotatable bonds is 1. The Bertz CT molecular complexity index is 269. The molecule has 0 bridgehead atoms. The van der Waals surface area contributed by atoms with E-state index in [2.05, 4.69) is 29.3 Å². The third-order valence-corrected chi connectivity index (χ3v) is 2.97. The predicted molar refractivity (Wildman–Crippen MR) is 84.3 cm³/mol. The number of benzene rings is 1. The van der Waals surface area contributed by atoms with Gasteiger partial charge in [0.05, 0.1) is 0 Å². The molecule has 112 valence electrons. The average Bonchev–Trinajstić information content (AvgIpc) is 2.55. The van der Waals surface area contributed by atoms with Crippen LogP contribution in [-0.2, 0) is 0 Å². The molecule has 2 rings (SSSR count). The Morgan fingerprint density at radius 1 is 0.789 bits per heavy atom. The van der Waals surface area contributed by atoms with Crippen LogP contribution in [0.5, 0.6) is 5.75 Å². The van der Waals surface area contributed by atoms with Gasteiger partial charge in [-0.15, -0.1) is 0 Å². The Hall–Kier alpha value is -1.10. The highest BCUT2D eigenvalue weighted by Gasteiger charge is 2.14. The van der Waals surface area contributed by atoms with Gasteiger partial charge in [-0.3, -0.25) is 0 Å². The van der Waals surface area contributed by atoms with Gasteiger partial charge < -0.3 is 22.3 Å². The molecule has 1 aromatic carbocycles. The minimum atomic E-state index is 0.375. The molecule has 7 N–H and O–H groups in total. The highest BCUT2D eigenvalue weighted by atomic mass is 16.3. The minimum absolute atomic E-state index is 0.375. The van der Waals surface area contributed by atoms with Gasteiger partial charge in [0.1, 0.15) is 5.75 Å². The first-order valence-electron chi connectivity index (χ1n) is 6.88. The molecule has 0 spiro atoms. The second-order valence-electron chi connectivity index (χ2n) is 3.93. The van der Waals surface area contributed by atoms with Crippen LogP contribution in [0.25, 0.3) is 0 Å². The van der Waals surface area contributed by atoms with Crippen molar-refractivity contribution in [1.29, 1.82) is 0 Å². The van der Waals surface area contributed by atoms with Crippen LogP contribution >= 0.6 is 0 Å². The summed E-state index contributed by atoms with van der Waals surface area (Å²) in [5.41, 5.74) is 14.9. The van der Waals surface area contributed by atoms with Crippen molar-refractivity contribution in [2.24, 2.45) is 17.2 Å². The lowest BCUT2D eigenvalue weighted by Crippen LogP contribution is -2.03. The largest absolute Gasteiger partial charge is 0.508 e. The average molecular weight is 269 g/mol. The third-order valence-electron chi connectivity index (χ3n) is 2.97. The van der Waals surface area contributed by atoms with Crippen LogP contribution < -0.4 is 17.2 Å². The number of nitrogens with two attached hydrogens (primary N) is 3. The summed E-state index contributed by atoms with van der Waals surface area (Å²) in [5, 5.41) is 9.16. The Morgan fingerprint density at radius 3 is 1.63 bits per heavy atom. The first kappa shape index (κ1) is 20.2. The van der Waals surface area contributed by atoms with Crippen molar-refractivity contribution >= 4 is 0 Å². The molecule has 0 radical (unpaired) electrons.